The van der Waals surface area contributed by atoms with E-state index in [9.17, 15) is 14.8 Å². The number of hydrogen-bond acceptors (Lipinski definition) is 10. The van der Waals surface area contributed by atoms with Crippen LogP contribution in [0.15, 0.2) is 72.8 Å². The van der Waals surface area contributed by atoms with Crippen LogP contribution in [0.1, 0.15) is 27.2 Å². The second kappa shape index (κ2) is 15.3. The molecule has 3 amide bonds. The van der Waals surface area contributed by atoms with Crippen molar-refractivity contribution < 1.29 is 24.3 Å². The molecule has 47 heavy (non-hydrogen) atoms. The number of carbonyl (C=O) groups excluding carboxylic acids is 2. The van der Waals surface area contributed by atoms with Gasteiger partial charge in [0.15, 0.2) is 0 Å². The molecule has 2 aromatic carbocycles. The second-order valence-corrected chi connectivity index (χ2v) is 10.9. The van der Waals surface area contributed by atoms with Gasteiger partial charge in [-0.25, -0.2) is 25.2 Å². The molecule has 4 heterocycles. The van der Waals surface area contributed by atoms with Crippen LogP contribution in [0, 0.1) is 11.8 Å². The smallest absolute Gasteiger partial charge is 0.327 e. The van der Waals surface area contributed by atoms with Crippen molar-refractivity contribution in [3.05, 3.63) is 95.2 Å². The summed E-state index contributed by atoms with van der Waals surface area (Å²) in [5, 5.41) is 14.5. The molecule has 0 spiro atoms. The lowest BCUT2D eigenvalue weighted by molar-refractivity contribution is 0.0342. The predicted molar refractivity (Wildman–Crippen MR) is 175 cm³/mol. The van der Waals surface area contributed by atoms with E-state index in [4.69, 9.17) is 9.47 Å². The normalized spacial score (nSPS) is 14.9. The number of amides is 3. The van der Waals surface area contributed by atoms with E-state index >= 15 is 0 Å². The SMILES string of the molecule is O=C(Nc1cccc(N2CCOCC2)n1)Nc1nc(C(=O)NO)cc(-c2ccc(C#Cc3ccc(CN4CCOCC4)cc3)cc2)n1. The number of nitrogens with zero attached hydrogens (tertiary/aromatic N) is 5. The number of nitrogens with one attached hydrogen (secondary N) is 3. The zero-order chi connectivity index (χ0) is 32.4. The van der Waals surface area contributed by atoms with Gasteiger partial charge in [0.25, 0.3) is 5.91 Å². The maximum Gasteiger partial charge on any atom is 0.327 e. The molecular formula is C34H34N8O5. The van der Waals surface area contributed by atoms with Crippen molar-refractivity contribution in [1.82, 2.24) is 25.3 Å². The zero-order valence-electron chi connectivity index (χ0n) is 25.6. The van der Waals surface area contributed by atoms with Gasteiger partial charge in [-0.05, 0) is 48.0 Å². The van der Waals surface area contributed by atoms with E-state index in [0.29, 0.717) is 43.4 Å². The standard InChI is InChI=1S/C34H34N8O5/c43-32(40-45)29-22-28(35-33(36-29)39-34(44)38-30-2-1-3-31(37-30)42-16-20-47-21-17-42)27-12-10-25(11-13-27)5-4-24-6-8-26(9-7-24)23-41-14-18-46-19-15-41/h1-3,6-13,22,45H,14-21,23H2,(H,40,43)(H2,35,36,37,38,39,44). The number of ether oxygens (including phenoxy) is 2. The molecule has 0 atom stereocenters. The van der Waals surface area contributed by atoms with Crippen molar-refractivity contribution in [2.24, 2.45) is 0 Å². The van der Waals surface area contributed by atoms with Gasteiger partial charge in [-0.2, -0.15) is 0 Å². The van der Waals surface area contributed by atoms with Gasteiger partial charge in [0.2, 0.25) is 5.95 Å². The predicted octanol–water partition coefficient (Wildman–Crippen LogP) is 3.37. The number of benzene rings is 2. The summed E-state index contributed by atoms with van der Waals surface area (Å²) in [6, 6.07) is 21.6. The van der Waals surface area contributed by atoms with Gasteiger partial charge in [-0.15, -0.1) is 0 Å². The monoisotopic (exact) mass is 634 g/mol. The molecule has 240 valence electrons. The Bertz CT molecular complexity index is 1760. The van der Waals surface area contributed by atoms with E-state index in [1.165, 1.54) is 11.6 Å². The molecule has 4 aromatic rings. The first kappa shape index (κ1) is 31.6. The molecule has 13 nitrogen and oxygen atoms in total. The first-order chi connectivity index (χ1) is 23.0. The highest BCUT2D eigenvalue weighted by Crippen LogP contribution is 2.21. The Hall–Kier alpha value is -5.39. The average Bonchev–Trinajstić information content (AvgIpc) is 3.12. The molecule has 2 aliphatic rings. The Balaban J connectivity index is 1.12. The minimum Gasteiger partial charge on any atom is -0.379 e. The summed E-state index contributed by atoms with van der Waals surface area (Å²) in [5.74, 6) is 6.44. The van der Waals surface area contributed by atoms with Gasteiger partial charge in [-0.3, -0.25) is 25.5 Å². The maximum absolute atomic E-state index is 12.9. The molecule has 0 unspecified atom stereocenters. The minimum absolute atomic E-state index is 0.135. The number of urea groups is 1. The third-order valence-corrected chi connectivity index (χ3v) is 7.59. The number of morpholine rings is 2. The summed E-state index contributed by atoms with van der Waals surface area (Å²) >= 11 is 0. The van der Waals surface area contributed by atoms with Crippen molar-refractivity contribution in [1.29, 1.82) is 0 Å². The molecule has 13 heteroatoms. The number of pyridine rings is 1. The quantitative estimate of drug-likeness (QED) is 0.135. The van der Waals surface area contributed by atoms with Crippen LogP contribution in [0.4, 0.5) is 22.4 Å². The van der Waals surface area contributed by atoms with Crippen molar-refractivity contribution in [2.75, 3.05) is 68.1 Å². The largest absolute Gasteiger partial charge is 0.379 e. The van der Waals surface area contributed by atoms with E-state index in [2.05, 4.69) is 59.4 Å². The number of hydrogen-bond donors (Lipinski definition) is 4. The van der Waals surface area contributed by atoms with Gasteiger partial charge >= 0.3 is 6.03 Å². The Kier molecular flexibility index (Phi) is 10.3. The Morgan fingerprint density at radius 1 is 0.787 bits per heavy atom. The van der Waals surface area contributed by atoms with E-state index in [1.807, 2.05) is 42.5 Å². The Morgan fingerprint density at radius 2 is 1.45 bits per heavy atom. The van der Waals surface area contributed by atoms with Crippen LogP contribution in [-0.4, -0.2) is 89.6 Å². The first-order valence-electron chi connectivity index (χ1n) is 15.3. The van der Waals surface area contributed by atoms with Crippen molar-refractivity contribution in [2.45, 2.75) is 6.54 Å². The number of carbonyl (C=O) groups is 2. The van der Waals surface area contributed by atoms with E-state index in [1.54, 1.807) is 17.6 Å². The Labute approximate surface area is 271 Å². The average molecular weight is 635 g/mol. The highest BCUT2D eigenvalue weighted by Gasteiger charge is 2.16. The first-order valence-corrected chi connectivity index (χ1v) is 15.3. The summed E-state index contributed by atoms with van der Waals surface area (Å²) in [4.78, 5) is 42.6. The highest BCUT2D eigenvalue weighted by molar-refractivity contribution is 5.99. The second-order valence-electron chi connectivity index (χ2n) is 10.9. The van der Waals surface area contributed by atoms with Crippen LogP contribution in [0.5, 0.6) is 0 Å². The summed E-state index contributed by atoms with van der Waals surface area (Å²) in [6.45, 7) is 6.96. The van der Waals surface area contributed by atoms with Gasteiger partial charge in [0.05, 0.1) is 32.1 Å². The lowest BCUT2D eigenvalue weighted by Crippen LogP contribution is -2.36. The lowest BCUT2D eigenvalue weighted by atomic mass is 10.1. The van der Waals surface area contributed by atoms with Crippen molar-refractivity contribution >= 4 is 29.5 Å². The molecule has 2 aromatic heterocycles. The fourth-order valence-electron chi connectivity index (χ4n) is 5.11. The Morgan fingerprint density at radius 3 is 2.13 bits per heavy atom. The molecule has 0 saturated carbocycles. The summed E-state index contributed by atoms with van der Waals surface area (Å²) < 4.78 is 10.8. The van der Waals surface area contributed by atoms with Crippen LogP contribution in [0.25, 0.3) is 11.3 Å². The fourth-order valence-corrected chi connectivity index (χ4v) is 5.11. The summed E-state index contributed by atoms with van der Waals surface area (Å²) in [5.41, 5.74) is 5.39. The van der Waals surface area contributed by atoms with Crippen LogP contribution in [-0.2, 0) is 16.0 Å². The van der Waals surface area contributed by atoms with E-state index < -0.39 is 11.9 Å². The molecular weight excluding hydrogens is 600 g/mol. The highest BCUT2D eigenvalue weighted by atomic mass is 16.5. The molecule has 2 fully saturated rings. The molecule has 0 bridgehead atoms. The van der Waals surface area contributed by atoms with Crippen LogP contribution in [0.2, 0.25) is 0 Å². The molecule has 2 aliphatic heterocycles. The van der Waals surface area contributed by atoms with Gasteiger partial charge < -0.3 is 14.4 Å². The molecule has 0 radical (unpaired) electrons. The summed E-state index contributed by atoms with van der Waals surface area (Å²) in [6.07, 6.45) is 0. The van der Waals surface area contributed by atoms with Gasteiger partial charge in [-0.1, -0.05) is 42.2 Å². The third kappa shape index (κ3) is 8.66. The van der Waals surface area contributed by atoms with E-state index in [0.717, 1.165) is 49.8 Å². The number of anilines is 3. The topological polar surface area (TPSA) is 154 Å². The minimum atomic E-state index is -0.851. The van der Waals surface area contributed by atoms with Gasteiger partial charge in [0, 0.05) is 49.4 Å². The van der Waals surface area contributed by atoms with Crippen LogP contribution < -0.4 is 21.0 Å². The van der Waals surface area contributed by atoms with E-state index in [-0.39, 0.29) is 11.6 Å². The van der Waals surface area contributed by atoms with Crippen LogP contribution in [0.3, 0.4) is 0 Å². The van der Waals surface area contributed by atoms with Crippen molar-refractivity contribution in [3.63, 3.8) is 0 Å². The number of aromatic nitrogens is 3. The maximum atomic E-state index is 12.9. The lowest BCUT2D eigenvalue weighted by Gasteiger charge is -2.27. The molecule has 2 saturated heterocycles. The third-order valence-electron chi connectivity index (χ3n) is 7.59. The van der Waals surface area contributed by atoms with Crippen molar-refractivity contribution in [3.8, 4) is 23.1 Å². The van der Waals surface area contributed by atoms with Crippen LogP contribution >= 0.6 is 0 Å². The zero-order valence-corrected chi connectivity index (χ0v) is 25.6. The molecule has 0 aliphatic carbocycles. The number of hydroxylamine groups is 1. The number of rotatable bonds is 7. The fraction of sp³-hybridized carbons (Fsp3) is 0.265. The summed E-state index contributed by atoms with van der Waals surface area (Å²) in [7, 11) is 0. The molecule has 6 rings (SSSR count). The molecule has 4 N–H and O–H groups in total. The van der Waals surface area contributed by atoms with Gasteiger partial charge in [0.1, 0.15) is 17.3 Å².